The molecule has 1 aromatic rings. The number of nitrogens with zero attached hydrogens (tertiary/aromatic N) is 1. The zero-order valence-electron chi connectivity index (χ0n) is 11.1. The molecule has 3 heteroatoms. The lowest BCUT2D eigenvalue weighted by atomic mass is 10.1. The summed E-state index contributed by atoms with van der Waals surface area (Å²) in [4.78, 5) is 0. The molecule has 0 unspecified atom stereocenters. The Morgan fingerprint density at radius 1 is 1.31 bits per heavy atom. The smallest absolute Gasteiger partial charge is 0.156 e. The van der Waals surface area contributed by atoms with Crippen molar-refractivity contribution in [3.05, 3.63) is 17.7 Å². The average molecular weight is 222 g/mol. The van der Waals surface area contributed by atoms with Gasteiger partial charge in [-0.25, -0.2) is 0 Å². The molecule has 0 aliphatic heterocycles. The molecule has 1 rings (SSSR count). The standard InChI is InChI=1S/C13H24N3/c1-6-7-16(4,5)13-8-10(2)11(14)9-12(13)15-3/h8-9,15H,6-7,14H2,1-5H3/q+1. The number of nitrogens with one attached hydrogen (secondary N) is 1. The van der Waals surface area contributed by atoms with Gasteiger partial charge in [-0.05, 0) is 25.0 Å². The first-order valence-electron chi connectivity index (χ1n) is 5.83. The molecule has 0 heterocycles. The summed E-state index contributed by atoms with van der Waals surface area (Å²) in [5.41, 5.74) is 10.4. The average Bonchev–Trinajstić information content (AvgIpc) is 2.21. The molecule has 0 fully saturated rings. The highest BCUT2D eigenvalue weighted by molar-refractivity contribution is 5.74. The highest BCUT2D eigenvalue weighted by atomic mass is 15.3. The van der Waals surface area contributed by atoms with Crippen LogP contribution >= 0.6 is 0 Å². The summed E-state index contributed by atoms with van der Waals surface area (Å²) in [6, 6.07) is 4.22. The van der Waals surface area contributed by atoms with Crippen LogP contribution in [0.15, 0.2) is 12.1 Å². The number of nitrogens with two attached hydrogens (primary N) is 1. The lowest BCUT2D eigenvalue weighted by Gasteiger charge is -2.31. The fourth-order valence-electron chi connectivity index (χ4n) is 2.09. The van der Waals surface area contributed by atoms with Gasteiger partial charge >= 0.3 is 0 Å². The van der Waals surface area contributed by atoms with Crippen molar-refractivity contribution in [2.24, 2.45) is 0 Å². The summed E-state index contributed by atoms with van der Waals surface area (Å²) in [6.07, 6.45) is 1.17. The molecule has 16 heavy (non-hydrogen) atoms. The molecule has 90 valence electrons. The maximum Gasteiger partial charge on any atom is 0.156 e. The molecule has 1 aromatic carbocycles. The highest BCUT2D eigenvalue weighted by Gasteiger charge is 2.22. The SMILES string of the molecule is CCC[N+](C)(C)c1cc(C)c(N)cc1NC. The molecule has 3 N–H and O–H groups in total. The molecule has 0 saturated carbocycles. The van der Waals surface area contributed by atoms with Gasteiger partial charge in [0.25, 0.3) is 0 Å². The summed E-state index contributed by atoms with van der Waals surface area (Å²) in [5, 5.41) is 3.23. The first kappa shape index (κ1) is 12.8. The molecule has 0 radical (unpaired) electrons. The van der Waals surface area contributed by atoms with E-state index in [2.05, 4.69) is 39.3 Å². The summed E-state index contributed by atoms with van der Waals surface area (Å²) in [7, 11) is 6.41. The predicted molar refractivity (Wildman–Crippen MR) is 73.9 cm³/mol. The minimum absolute atomic E-state index is 0.851. The lowest BCUT2D eigenvalue weighted by molar-refractivity contribution is 0.399. The largest absolute Gasteiger partial charge is 0.398 e. The third-order valence-corrected chi connectivity index (χ3v) is 3.09. The van der Waals surface area contributed by atoms with Gasteiger partial charge in [0.05, 0.1) is 26.3 Å². The molecule has 0 aromatic heterocycles. The molecule has 0 aliphatic rings. The van der Waals surface area contributed by atoms with Gasteiger partial charge < -0.3 is 11.1 Å². The van der Waals surface area contributed by atoms with Crippen molar-refractivity contribution >= 4 is 17.1 Å². The van der Waals surface area contributed by atoms with Gasteiger partial charge in [-0.2, -0.15) is 0 Å². The molecule has 0 saturated heterocycles. The van der Waals surface area contributed by atoms with Crippen molar-refractivity contribution in [1.29, 1.82) is 0 Å². The van der Waals surface area contributed by atoms with Gasteiger partial charge in [-0.1, -0.05) is 6.92 Å². The van der Waals surface area contributed by atoms with Gasteiger partial charge in [-0.15, -0.1) is 0 Å². The van der Waals surface area contributed by atoms with Crippen molar-refractivity contribution in [3.63, 3.8) is 0 Å². The van der Waals surface area contributed by atoms with Crippen LogP contribution in [0.4, 0.5) is 17.1 Å². The second-order valence-corrected chi connectivity index (χ2v) is 4.88. The van der Waals surface area contributed by atoms with Gasteiger partial charge in [0.1, 0.15) is 0 Å². The quantitative estimate of drug-likeness (QED) is 0.607. The number of hydrogen-bond acceptors (Lipinski definition) is 2. The minimum atomic E-state index is 0.851. The van der Waals surface area contributed by atoms with E-state index in [1.165, 1.54) is 12.1 Å². The van der Waals surface area contributed by atoms with Crippen molar-refractivity contribution in [2.75, 3.05) is 38.7 Å². The van der Waals surface area contributed by atoms with Crippen LogP contribution in [0.1, 0.15) is 18.9 Å². The van der Waals surface area contributed by atoms with Crippen molar-refractivity contribution in [3.8, 4) is 0 Å². The number of quaternary nitrogens is 1. The zero-order valence-corrected chi connectivity index (χ0v) is 11.1. The van der Waals surface area contributed by atoms with Crippen LogP contribution in [0.5, 0.6) is 0 Å². The Morgan fingerprint density at radius 3 is 2.44 bits per heavy atom. The Labute approximate surface area is 98.8 Å². The lowest BCUT2D eigenvalue weighted by Crippen LogP contribution is -2.41. The van der Waals surface area contributed by atoms with E-state index in [1.54, 1.807) is 0 Å². The van der Waals surface area contributed by atoms with E-state index in [4.69, 9.17) is 5.73 Å². The molecule has 3 nitrogen and oxygen atoms in total. The van der Waals surface area contributed by atoms with Crippen LogP contribution in [0.3, 0.4) is 0 Å². The summed E-state index contributed by atoms with van der Waals surface area (Å²) in [6.45, 7) is 5.39. The molecule has 0 spiro atoms. The first-order valence-corrected chi connectivity index (χ1v) is 5.83. The maximum absolute atomic E-state index is 5.94. The monoisotopic (exact) mass is 222 g/mol. The van der Waals surface area contributed by atoms with E-state index in [-0.39, 0.29) is 0 Å². The fraction of sp³-hybridized carbons (Fsp3) is 0.538. The van der Waals surface area contributed by atoms with Crippen LogP contribution in [0, 0.1) is 6.92 Å². The summed E-state index contributed by atoms with van der Waals surface area (Å²) >= 11 is 0. The topological polar surface area (TPSA) is 38.0 Å². The first-order chi connectivity index (χ1) is 7.42. The number of nitrogen functional groups attached to an aromatic ring is 1. The number of benzene rings is 1. The van der Waals surface area contributed by atoms with Gasteiger partial charge in [-0.3, -0.25) is 4.48 Å². The van der Waals surface area contributed by atoms with Crippen LogP contribution in [-0.2, 0) is 0 Å². The predicted octanol–water partition coefficient (Wildman–Crippen LogP) is 2.60. The van der Waals surface area contributed by atoms with Crippen LogP contribution in [-0.4, -0.2) is 27.7 Å². The van der Waals surface area contributed by atoms with E-state index in [0.717, 1.165) is 28.0 Å². The number of anilines is 2. The van der Waals surface area contributed by atoms with Crippen LogP contribution < -0.4 is 15.5 Å². The summed E-state index contributed by atoms with van der Waals surface area (Å²) < 4.78 is 0.883. The second-order valence-electron chi connectivity index (χ2n) is 4.88. The van der Waals surface area contributed by atoms with E-state index in [1.807, 2.05) is 13.1 Å². The maximum atomic E-state index is 5.94. The van der Waals surface area contributed by atoms with E-state index < -0.39 is 0 Å². The third-order valence-electron chi connectivity index (χ3n) is 3.09. The number of rotatable bonds is 4. The molecule has 0 atom stereocenters. The van der Waals surface area contributed by atoms with E-state index >= 15 is 0 Å². The Kier molecular flexibility index (Phi) is 3.81. The van der Waals surface area contributed by atoms with Crippen LogP contribution in [0.25, 0.3) is 0 Å². The van der Waals surface area contributed by atoms with E-state index in [9.17, 15) is 0 Å². The van der Waals surface area contributed by atoms with Gasteiger partial charge in [0.2, 0.25) is 0 Å². The Balaban J connectivity index is 3.26. The molecular formula is C13H24N3+. The van der Waals surface area contributed by atoms with Gasteiger partial charge in [0.15, 0.2) is 5.69 Å². The highest BCUT2D eigenvalue weighted by Crippen LogP contribution is 2.33. The number of aryl methyl sites for hydroxylation is 1. The van der Waals surface area contributed by atoms with Crippen molar-refractivity contribution in [2.45, 2.75) is 20.3 Å². The number of hydrogen-bond donors (Lipinski definition) is 2. The fourth-order valence-corrected chi connectivity index (χ4v) is 2.09. The Hall–Kier alpha value is -1.22. The van der Waals surface area contributed by atoms with Crippen molar-refractivity contribution in [1.82, 2.24) is 4.48 Å². The Morgan fingerprint density at radius 2 is 1.94 bits per heavy atom. The normalized spacial score (nSPS) is 11.6. The minimum Gasteiger partial charge on any atom is -0.398 e. The van der Waals surface area contributed by atoms with Crippen molar-refractivity contribution < 1.29 is 0 Å². The second kappa shape index (κ2) is 4.74. The Bertz CT molecular complexity index is 370. The van der Waals surface area contributed by atoms with Crippen LogP contribution in [0.2, 0.25) is 0 Å². The molecular weight excluding hydrogens is 198 g/mol. The van der Waals surface area contributed by atoms with E-state index in [0.29, 0.717) is 0 Å². The summed E-state index contributed by atoms with van der Waals surface area (Å²) in [5.74, 6) is 0. The zero-order chi connectivity index (χ0) is 12.3. The molecule has 0 aliphatic carbocycles. The molecule has 0 amide bonds. The molecule has 0 bridgehead atoms. The van der Waals surface area contributed by atoms with Gasteiger partial charge in [0, 0.05) is 18.8 Å². The third kappa shape index (κ3) is 2.47.